The molecule has 1 unspecified atom stereocenters. The SMILES string of the molecule is C=CCC1(O)CC[C@@](CO[C@H](C)c2cc(C)cc(C(F)(F)F)c2)(c2ccccc2)N(C(=O)OCc2ccccc2)C1.C=C[CH2-].CCOCC.Cc1cc([C@@H](C)OC[C@@]2(c3ccccc3)CCC(=O)CN2C(=O)OCc2ccccc2)cc(C(F)(F)F)c1.[Br-].[Mg+2]. The number of alkyl halides is 6. The Labute approximate surface area is 547 Å². The molecule has 0 bridgehead atoms. The number of hydrogen-bond acceptors (Lipinski definition) is 9. The molecule has 6 aromatic rings. The van der Waals surface area contributed by atoms with Crippen molar-refractivity contribution in [3.63, 3.8) is 0 Å². The second-order valence-corrected chi connectivity index (χ2v) is 21.5. The van der Waals surface area contributed by atoms with Crippen molar-refractivity contribution >= 4 is 41.0 Å². The predicted molar refractivity (Wildman–Crippen MR) is 331 cm³/mol. The zero-order valence-corrected chi connectivity index (χ0v) is 54.6. The normalized spacial score (nSPS) is 18.6. The Hall–Kier alpha value is -6.45. The van der Waals surface area contributed by atoms with Gasteiger partial charge in [-0.05, 0) is 125 Å². The van der Waals surface area contributed by atoms with Gasteiger partial charge in [-0.25, -0.2) is 29.2 Å². The van der Waals surface area contributed by atoms with Crippen LogP contribution in [0.3, 0.4) is 0 Å². The van der Waals surface area contributed by atoms with Gasteiger partial charge in [0.05, 0.1) is 66.3 Å². The maximum absolute atomic E-state index is 13.8. The van der Waals surface area contributed by atoms with Gasteiger partial charge >= 0.3 is 47.6 Å². The van der Waals surface area contributed by atoms with Crippen LogP contribution in [-0.2, 0) is 65.1 Å². The van der Waals surface area contributed by atoms with E-state index in [1.165, 1.54) is 15.9 Å². The minimum atomic E-state index is -4.48. The van der Waals surface area contributed by atoms with Crippen LogP contribution in [0.2, 0.25) is 0 Å². The largest absolute Gasteiger partial charge is 2.00 e. The molecule has 11 nitrogen and oxygen atoms in total. The molecule has 1 N–H and O–H groups in total. The van der Waals surface area contributed by atoms with E-state index in [0.717, 1.165) is 59.7 Å². The molecule has 2 amide bonds. The summed E-state index contributed by atoms with van der Waals surface area (Å²) in [5.41, 5.74) is 0.114. The molecule has 19 heteroatoms. The summed E-state index contributed by atoms with van der Waals surface area (Å²) in [6.07, 6.45) is -7.00. The van der Waals surface area contributed by atoms with E-state index in [0.29, 0.717) is 41.5 Å². The Morgan fingerprint density at radius 3 is 1.38 bits per heavy atom. The maximum Gasteiger partial charge on any atom is 2.00 e. The third-order valence-corrected chi connectivity index (χ3v) is 15.0. The van der Waals surface area contributed by atoms with Gasteiger partial charge in [0.15, 0.2) is 5.78 Å². The van der Waals surface area contributed by atoms with E-state index in [1.54, 1.807) is 45.9 Å². The van der Waals surface area contributed by atoms with Crippen molar-refractivity contribution in [2.45, 2.75) is 128 Å². The van der Waals surface area contributed by atoms with Gasteiger partial charge in [0.2, 0.25) is 0 Å². The topological polar surface area (TPSA) is 124 Å². The Morgan fingerprint density at radius 2 is 1.01 bits per heavy atom. The molecule has 0 aromatic heterocycles. The third kappa shape index (κ3) is 22.5. The molecule has 0 aliphatic carbocycles. The number of hydrogen-bond donors (Lipinski definition) is 1. The Bertz CT molecular complexity index is 3130. The van der Waals surface area contributed by atoms with E-state index >= 15 is 0 Å². The average molecular weight is 1310 g/mol. The number of amides is 2. The number of aryl methyl sites for hydroxylation is 2. The summed E-state index contributed by atoms with van der Waals surface area (Å²) in [4.78, 5) is 42.6. The van der Waals surface area contributed by atoms with Crippen molar-refractivity contribution in [3.05, 3.63) is 246 Å². The molecule has 2 aliphatic rings. The number of piperidine rings is 2. The Balaban J connectivity index is 0.000000408. The molecule has 8 rings (SSSR count). The summed E-state index contributed by atoms with van der Waals surface area (Å²) in [5, 5.41) is 11.4. The first kappa shape index (κ1) is 76.8. The molecule has 2 fully saturated rings. The van der Waals surface area contributed by atoms with E-state index in [4.69, 9.17) is 23.7 Å². The fourth-order valence-corrected chi connectivity index (χ4v) is 10.4. The van der Waals surface area contributed by atoms with Crippen LogP contribution in [0.4, 0.5) is 35.9 Å². The van der Waals surface area contributed by atoms with Gasteiger partial charge in [0.25, 0.3) is 0 Å². The number of likely N-dealkylation sites (tertiary alicyclic amines) is 2. The maximum atomic E-state index is 13.8. The van der Waals surface area contributed by atoms with E-state index in [9.17, 15) is 45.8 Å². The van der Waals surface area contributed by atoms with Gasteiger partial charge in [0, 0.05) is 19.6 Å². The average Bonchev–Trinajstić information content (AvgIpc) is 1.24. The first-order chi connectivity index (χ1) is 41.4. The number of benzene rings is 6. The monoisotopic (exact) mass is 1310 g/mol. The molecular weight excluding hydrogens is 1230 g/mol. The standard InChI is InChI=1S/C33H36F3NO4.C30H30F3NO4.C4H10O.C3H5.BrH.Mg/c1-4-15-31(39)16-17-32(28-13-9-6-10-14-28,37(22-31)30(38)40-21-26-11-7-5-8-12-26)23-41-25(3)27-18-24(2)19-29(20-27)33(34,35)36;1-21-15-24(17-26(16-21)30(31,32)33)22(2)38-20-29(25-11-7-4-8-12-25)14-13-27(35)18-34(29)28(36)37-19-23-9-5-3-6-10-23;1-3-5-4-2;1-3-2;;/h4-14,18-20,25,39H,1,15-17,21-23H2,2-3H3;3-12,15-17,22H,13-14,18-20H2,1-2H3;3-4H2,1-2H3;3H,1-2H2;1H;/q;;;-1;;+2/p-1/t25-,31?,32-;22-,29-;;;;/m11..../s1. The summed E-state index contributed by atoms with van der Waals surface area (Å²) in [6, 6.07) is 44.8. The van der Waals surface area contributed by atoms with Crippen LogP contribution in [0, 0.1) is 20.8 Å². The van der Waals surface area contributed by atoms with Crippen LogP contribution in [-0.4, -0.2) is 101 Å². The molecule has 89 heavy (non-hydrogen) atoms. The van der Waals surface area contributed by atoms with Crippen LogP contribution in [0.15, 0.2) is 183 Å². The minimum Gasteiger partial charge on any atom is -1.00 e. The number of ether oxygens (including phenoxy) is 5. The number of halogens is 7. The number of nitrogens with zero attached hydrogens (tertiary/aromatic N) is 2. The van der Waals surface area contributed by atoms with E-state index in [-0.39, 0.29) is 98.2 Å². The van der Waals surface area contributed by atoms with E-state index in [2.05, 4.69) is 20.1 Å². The minimum absolute atomic E-state index is 0. The van der Waals surface area contributed by atoms with Crippen molar-refractivity contribution in [2.24, 2.45) is 0 Å². The molecular formula is C70H81BrF6MgN2O9. The summed E-state index contributed by atoms with van der Waals surface area (Å²) in [6.45, 7) is 22.4. The second kappa shape index (κ2) is 36.4. The fraction of sp³-hybridized carbons (Fsp3) is 0.371. The molecule has 476 valence electrons. The Morgan fingerprint density at radius 1 is 0.629 bits per heavy atom. The number of rotatable bonds is 18. The molecule has 2 heterocycles. The van der Waals surface area contributed by atoms with Gasteiger partial charge < -0.3 is 45.8 Å². The number of ketones is 1. The first-order valence-electron chi connectivity index (χ1n) is 28.9. The van der Waals surface area contributed by atoms with Crippen molar-refractivity contribution in [3.8, 4) is 0 Å². The molecule has 2 saturated heterocycles. The summed E-state index contributed by atoms with van der Waals surface area (Å²) < 4.78 is 109. The Kier molecular flexibility index (Phi) is 31.4. The zero-order chi connectivity index (χ0) is 63.8. The number of allylic oxidation sites excluding steroid dienone is 1. The quantitative estimate of drug-likeness (QED) is 0.0388. The van der Waals surface area contributed by atoms with Gasteiger partial charge in [-0.1, -0.05) is 151 Å². The van der Waals surface area contributed by atoms with Crippen LogP contribution in [0.5, 0.6) is 0 Å². The molecule has 0 radical (unpaired) electrons. The van der Waals surface area contributed by atoms with Crippen molar-refractivity contribution in [1.82, 2.24) is 9.80 Å². The summed E-state index contributed by atoms with van der Waals surface area (Å²) in [5.74, 6) is -0.102. The number of carbonyl (C=O) groups is 3. The third-order valence-electron chi connectivity index (χ3n) is 15.0. The van der Waals surface area contributed by atoms with Gasteiger partial charge in [-0.15, -0.1) is 6.58 Å². The first-order valence-corrected chi connectivity index (χ1v) is 28.9. The van der Waals surface area contributed by atoms with Crippen LogP contribution in [0.1, 0.15) is 128 Å². The molecule has 0 spiro atoms. The van der Waals surface area contributed by atoms with Crippen LogP contribution >= 0.6 is 0 Å². The van der Waals surface area contributed by atoms with E-state index in [1.807, 2.05) is 135 Å². The number of carbonyl (C=O) groups excluding carboxylic acids is 3. The van der Waals surface area contributed by atoms with Gasteiger partial charge in [-0.2, -0.15) is 26.3 Å². The van der Waals surface area contributed by atoms with Crippen molar-refractivity contribution < 1.29 is 86.5 Å². The van der Waals surface area contributed by atoms with Gasteiger partial charge in [-0.3, -0.25) is 14.6 Å². The molecule has 6 aromatic carbocycles. The number of Topliss-reactive ketones (excluding diaryl/α,β-unsaturated/α-hetero) is 1. The van der Waals surface area contributed by atoms with Crippen molar-refractivity contribution in [2.75, 3.05) is 39.5 Å². The van der Waals surface area contributed by atoms with E-state index < -0.39 is 64.6 Å². The van der Waals surface area contributed by atoms with Crippen LogP contribution in [0.25, 0.3) is 0 Å². The summed E-state index contributed by atoms with van der Waals surface area (Å²) >= 11 is 0. The molecule has 0 saturated carbocycles. The molecule has 5 atom stereocenters. The van der Waals surface area contributed by atoms with Gasteiger partial charge in [0.1, 0.15) is 13.2 Å². The zero-order valence-electron chi connectivity index (χ0n) is 51.6. The molecule has 2 aliphatic heterocycles. The predicted octanol–water partition coefficient (Wildman–Crippen LogP) is 13.4. The number of aliphatic hydroxyl groups is 1. The smallest absolute Gasteiger partial charge is 1.00 e. The summed E-state index contributed by atoms with van der Waals surface area (Å²) in [7, 11) is 0. The number of β-amino-alcohol motifs (C(OH)–C–C–N with tert-alkyl or cyclic N) is 1. The van der Waals surface area contributed by atoms with Crippen molar-refractivity contribution in [1.29, 1.82) is 0 Å². The van der Waals surface area contributed by atoms with Crippen LogP contribution < -0.4 is 17.0 Å². The fourth-order valence-electron chi connectivity index (χ4n) is 10.4. The second-order valence-electron chi connectivity index (χ2n) is 21.5.